The largest absolute Gasteiger partial charge is 1.00 e. The second kappa shape index (κ2) is 13.8. The van der Waals surface area contributed by atoms with E-state index < -0.39 is 18.0 Å². The molecule has 0 spiro atoms. The number of ether oxygens (including phenoxy) is 2. The van der Waals surface area contributed by atoms with Crippen molar-refractivity contribution in [3.05, 3.63) is 36.4 Å². The zero-order chi connectivity index (χ0) is 23.4. The predicted molar refractivity (Wildman–Crippen MR) is 137 cm³/mol. The average molecular weight is 531 g/mol. The topological polar surface area (TPSA) is 107 Å². The number of rotatable bonds is 7. The van der Waals surface area contributed by atoms with Crippen molar-refractivity contribution in [2.24, 2.45) is 0 Å². The molecule has 2 N–H and O–H groups in total. The SMILES string of the molecule is COc1cccc(OC)c1-c1cccc(S(=O)(=O)[O-])c1P(C1CCCCC1)C1CCCCC1.O.[Na+]. The smallest absolute Gasteiger partial charge is 0.744 e. The summed E-state index contributed by atoms with van der Waals surface area (Å²) < 4.78 is 49.2. The third kappa shape index (κ3) is 6.81. The second-order valence-corrected chi connectivity index (χ2v) is 13.2. The van der Waals surface area contributed by atoms with Crippen molar-refractivity contribution < 1.29 is 57.5 Å². The molecule has 0 saturated heterocycles. The summed E-state index contributed by atoms with van der Waals surface area (Å²) >= 11 is 0. The van der Waals surface area contributed by atoms with Crippen LogP contribution in [0.25, 0.3) is 11.1 Å². The Morgan fingerprint density at radius 2 is 1.26 bits per heavy atom. The first-order valence-corrected chi connectivity index (χ1v) is 14.9. The summed E-state index contributed by atoms with van der Waals surface area (Å²) in [6.07, 6.45) is 11.6. The number of benzene rings is 2. The molecule has 35 heavy (non-hydrogen) atoms. The third-order valence-corrected chi connectivity index (χ3v) is 11.8. The van der Waals surface area contributed by atoms with E-state index in [1.54, 1.807) is 20.3 Å². The van der Waals surface area contributed by atoms with Gasteiger partial charge >= 0.3 is 29.6 Å². The molecule has 0 heterocycles. The van der Waals surface area contributed by atoms with E-state index in [4.69, 9.17) is 9.47 Å². The first-order chi connectivity index (χ1) is 16.0. The van der Waals surface area contributed by atoms with Crippen molar-refractivity contribution in [2.75, 3.05) is 14.2 Å². The molecule has 0 radical (unpaired) electrons. The molecule has 0 amide bonds. The van der Waals surface area contributed by atoms with Crippen LogP contribution in [0.3, 0.4) is 0 Å². The number of hydrogen-bond donors (Lipinski definition) is 0. The summed E-state index contributed by atoms with van der Waals surface area (Å²) in [6, 6.07) is 10.7. The molecule has 2 saturated carbocycles. The van der Waals surface area contributed by atoms with Crippen molar-refractivity contribution >= 4 is 23.3 Å². The van der Waals surface area contributed by atoms with Crippen molar-refractivity contribution in [3.63, 3.8) is 0 Å². The monoisotopic (exact) mass is 530 g/mol. The van der Waals surface area contributed by atoms with Crippen LogP contribution in [0.2, 0.25) is 0 Å². The molecule has 0 unspecified atom stereocenters. The van der Waals surface area contributed by atoms with Crippen LogP contribution in [-0.2, 0) is 10.1 Å². The average Bonchev–Trinajstić information content (AvgIpc) is 2.84. The van der Waals surface area contributed by atoms with Gasteiger partial charge in [-0.15, -0.1) is 0 Å². The van der Waals surface area contributed by atoms with E-state index in [9.17, 15) is 13.0 Å². The maximum atomic E-state index is 12.6. The summed E-state index contributed by atoms with van der Waals surface area (Å²) in [7, 11) is -2.27. The molecule has 2 aromatic carbocycles. The molecular formula is C26H36NaO6PS. The van der Waals surface area contributed by atoms with E-state index in [2.05, 4.69) is 0 Å². The summed E-state index contributed by atoms with van der Waals surface area (Å²) in [6.45, 7) is 0. The molecule has 9 heteroatoms. The van der Waals surface area contributed by atoms with Gasteiger partial charge in [0.05, 0.1) is 24.7 Å². The Bertz CT molecular complexity index is 1030. The summed E-state index contributed by atoms with van der Waals surface area (Å²) in [5, 5.41) is 0.754. The first-order valence-electron chi connectivity index (χ1n) is 12.0. The zero-order valence-electron chi connectivity index (χ0n) is 21.1. The van der Waals surface area contributed by atoms with Crippen LogP contribution < -0.4 is 44.3 Å². The van der Waals surface area contributed by atoms with Gasteiger partial charge in [-0.1, -0.05) is 64.6 Å². The minimum Gasteiger partial charge on any atom is -0.744 e. The quantitative estimate of drug-likeness (QED) is 0.310. The molecule has 2 fully saturated rings. The van der Waals surface area contributed by atoms with Gasteiger partial charge in [0.2, 0.25) is 0 Å². The molecule has 0 aliphatic heterocycles. The molecule has 2 aliphatic rings. The van der Waals surface area contributed by atoms with Gasteiger partial charge in [-0.05, 0) is 60.8 Å². The molecule has 2 aliphatic carbocycles. The predicted octanol–water partition coefficient (Wildman–Crippen LogP) is 2.23. The molecule has 0 atom stereocenters. The van der Waals surface area contributed by atoms with Gasteiger partial charge in [0.25, 0.3) is 0 Å². The van der Waals surface area contributed by atoms with Crippen molar-refractivity contribution in [1.29, 1.82) is 0 Å². The third-order valence-electron chi connectivity index (χ3n) is 7.16. The van der Waals surface area contributed by atoms with Crippen LogP contribution in [0.4, 0.5) is 0 Å². The van der Waals surface area contributed by atoms with Crippen LogP contribution in [-0.4, -0.2) is 44.0 Å². The Labute approximate surface area is 233 Å². The van der Waals surface area contributed by atoms with Gasteiger partial charge < -0.3 is 19.5 Å². The fourth-order valence-electron chi connectivity index (χ4n) is 5.69. The minimum atomic E-state index is -4.64. The maximum absolute atomic E-state index is 12.6. The van der Waals surface area contributed by atoms with E-state index in [1.807, 2.05) is 24.3 Å². The van der Waals surface area contributed by atoms with Crippen molar-refractivity contribution in [1.82, 2.24) is 0 Å². The van der Waals surface area contributed by atoms with E-state index in [1.165, 1.54) is 44.6 Å². The van der Waals surface area contributed by atoms with Crippen molar-refractivity contribution in [2.45, 2.75) is 80.4 Å². The van der Waals surface area contributed by atoms with E-state index in [-0.39, 0.29) is 39.9 Å². The molecule has 0 aromatic heterocycles. The Balaban J connectivity index is 0.00000216. The zero-order valence-corrected chi connectivity index (χ0v) is 24.8. The Morgan fingerprint density at radius 3 is 1.69 bits per heavy atom. The second-order valence-electron chi connectivity index (χ2n) is 9.13. The minimum absolute atomic E-state index is 0. The Kier molecular flexibility index (Phi) is 12.0. The van der Waals surface area contributed by atoms with Gasteiger partial charge in [0, 0.05) is 5.30 Å². The van der Waals surface area contributed by atoms with Crippen LogP contribution in [0, 0.1) is 0 Å². The molecule has 188 valence electrons. The van der Waals surface area contributed by atoms with E-state index in [0.29, 0.717) is 22.8 Å². The molecule has 6 nitrogen and oxygen atoms in total. The normalized spacial score (nSPS) is 17.4. The van der Waals surface area contributed by atoms with Gasteiger partial charge in [-0.2, -0.15) is 0 Å². The van der Waals surface area contributed by atoms with Crippen LogP contribution in [0.15, 0.2) is 41.3 Å². The van der Waals surface area contributed by atoms with Gasteiger partial charge in [0.15, 0.2) is 0 Å². The fraction of sp³-hybridized carbons (Fsp3) is 0.538. The number of methoxy groups -OCH3 is 2. The Hall–Kier alpha value is -0.660. The first kappa shape index (κ1) is 30.6. The molecular weight excluding hydrogens is 494 g/mol. The molecule has 2 aromatic rings. The van der Waals surface area contributed by atoms with Crippen LogP contribution >= 0.6 is 7.92 Å². The van der Waals surface area contributed by atoms with Gasteiger partial charge in [0.1, 0.15) is 21.6 Å². The molecule has 4 rings (SSSR count). The molecule has 0 bridgehead atoms. The van der Waals surface area contributed by atoms with Crippen LogP contribution in [0.1, 0.15) is 64.2 Å². The number of hydrogen-bond acceptors (Lipinski definition) is 5. The summed E-state index contributed by atoms with van der Waals surface area (Å²) in [5.41, 5.74) is 2.41. The summed E-state index contributed by atoms with van der Waals surface area (Å²) in [4.78, 5) is -0.0461. The van der Waals surface area contributed by atoms with Gasteiger partial charge in [-0.3, -0.25) is 0 Å². The fourth-order valence-corrected chi connectivity index (χ4v) is 10.9. The maximum Gasteiger partial charge on any atom is 1.00 e. The standard InChI is InChI=1S/C26H35O5PS.Na.H2O/c1-30-22-16-10-17-23(31-2)25(22)21-15-9-18-24(33(27,28)29)26(21)32(19-11-5-3-6-12-19)20-13-7-4-8-14-20;;/h9-10,15-20H,3-8,11-14H2,1-2H3,(H,27,28,29);;1H2/q;+1;/p-1. The van der Waals surface area contributed by atoms with Crippen LogP contribution in [0.5, 0.6) is 11.5 Å². The van der Waals surface area contributed by atoms with E-state index >= 15 is 0 Å². The van der Waals surface area contributed by atoms with Crippen molar-refractivity contribution in [3.8, 4) is 22.6 Å². The summed E-state index contributed by atoms with van der Waals surface area (Å²) in [5.74, 6) is 1.25. The van der Waals surface area contributed by atoms with E-state index in [0.717, 1.165) is 42.1 Å². The van der Waals surface area contributed by atoms with Gasteiger partial charge in [-0.25, -0.2) is 8.42 Å². The Morgan fingerprint density at radius 1 is 0.800 bits per heavy atom.